The standard InChI is InChI=1S/C21H30N4O3S/c1-5-17-8-6-7-9-20(17)22-21(26)13-24(4)12-19-15(2)23-25(16(19)3)18-10-11-29(27,28)14-18/h6-9,18H,5,10-14H2,1-4H3,(H,22,26)/p+1/t18-/m0/s1. The third kappa shape index (κ3) is 5.05. The molecule has 1 amide bonds. The zero-order valence-corrected chi connectivity index (χ0v) is 18.5. The first-order valence-electron chi connectivity index (χ1n) is 10.1. The Bertz CT molecular complexity index is 997. The molecule has 2 aromatic rings. The van der Waals surface area contributed by atoms with Crippen LogP contribution in [0.25, 0.3) is 0 Å². The minimum absolute atomic E-state index is 0.0204. The first kappa shape index (κ1) is 21.5. The number of carbonyl (C=O) groups is 1. The Hall–Kier alpha value is -2.19. The van der Waals surface area contributed by atoms with E-state index in [1.54, 1.807) is 0 Å². The van der Waals surface area contributed by atoms with Gasteiger partial charge in [0.05, 0.1) is 35.9 Å². The van der Waals surface area contributed by atoms with E-state index in [1.807, 2.05) is 49.8 Å². The number of nitrogens with one attached hydrogen (secondary N) is 2. The molecule has 0 saturated carbocycles. The van der Waals surface area contributed by atoms with E-state index in [1.165, 1.54) is 0 Å². The van der Waals surface area contributed by atoms with Gasteiger partial charge in [-0.2, -0.15) is 5.10 Å². The van der Waals surface area contributed by atoms with Crippen molar-refractivity contribution in [1.29, 1.82) is 0 Å². The lowest BCUT2D eigenvalue weighted by Crippen LogP contribution is -3.08. The second-order valence-electron chi connectivity index (χ2n) is 8.02. The third-order valence-corrected chi connectivity index (χ3v) is 7.39. The van der Waals surface area contributed by atoms with Gasteiger partial charge in [-0.15, -0.1) is 0 Å². The van der Waals surface area contributed by atoms with Gasteiger partial charge in [0.25, 0.3) is 5.91 Å². The van der Waals surface area contributed by atoms with E-state index in [4.69, 9.17) is 0 Å². The van der Waals surface area contributed by atoms with Gasteiger partial charge in [0.1, 0.15) is 6.54 Å². The van der Waals surface area contributed by atoms with Gasteiger partial charge in [-0.05, 0) is 38.3 Å². The molecule has 1 aromatic heterocycles. The number of amides is 1. The van der Waals surface area contributed by atoms with Crippen molar-refractivity contribution in [3.8, 4) is 0 Å². The SMILES string of the molecule is CCc1ccccc1NC(=O)C[NH+](C)Cc1c(C)nn([C@H]2CCS(=O)(=O)C2)c1C. The minimum Gasteiger partial charge on any atom is -0.326 e. The van der Waals surface area contributed by atoms with Crippen molar-refractivity contribution in [2.45, 2.75) is 46.2 Å². The maximum atomic E-state index is 12.5. The van der Waals surface area contributed by atoms with Crippen molar-refractivity contribution in [1.82, 2.24) is 9.78 Å². The van der Waals surface area contributed by atoms with Crippen molar-refractivity contribution in [2.24, 2.45) is 0 Å². The number of quaternary nitrogens is 1. The highest BCUT2D eigenvalue weighted by Crippen LogP contribution is 2.26. The Morgan fingerprint density at radius 2 is 2.03 bits per heavy atom. The fourth-order valence-corrected chi connectivity index (χ4v) is 5.75. The van der Waals surface area contributed by atoms with Crippen molar-refractivity contribution in [3.05, 3.63) is 46.8 Å². The maximum Gasteiger partial charge on any atom is 0.279 e. The fraction of sp³-hybridized carbons (Fsp3) is 0.524. The Kier molecular flexibility index (Phi) is 6.43. The molecular weight excluding hydrogens is 388 g/mol. The number of nitrogens with zero attached hydrogens (tertiary/aromatic N) is 2. The minimum atomic E-state index is -2.96. The quantitative estimate of drug-likeness (QED) is 0.703. The Balaban J connectivity index is 1.65. The van der Waals surface area contributed by atoms with Crippen LogP contribution in [0, 0.1) is 13.8 Å². The van der Waals surface area contributed by atoms with Crippen LogP contribution < -0.4 is 10.2 Å². The highest BCUT2D eigenvalue weighted by atomic mass is 32.2. The number of benzene rings is 1. The van der Waals surface area contributed by atoms with Crippen molar-refractivity contribution in [3.63, 3.8) is 0 Å². The van der Waals surface area contributed by atoms with Gasteiger partial charge in [0, 0.05) is 11.4 Å². The second-order valence-corrected chi connectivity index (χ2v) is 10.2. The van der Waals surface area contributed by atoms with E-state index >= 15 is 0 Å². The van der Waals surface area contributed by atoms with Gasteiger partial charge < -0.3 is 10.2 Å². The summed E-state index contributed by atoms with van der Waals surface area (Å²) < 4.78 is 25.5. The van der Waals surface area contributed by atoms with Crippen LogP contribution in [0.1, 0.15) is 41.9 Å². The molecule has 1 aliphatic rings. The van der Waals surface area contributed by atoms with Gasteiger partial charge in [-0.3, -0.25) is 9.48 Å². The molecule has 0 radical (unpaired) electrons. The lowest BCUT2D eigenvalue weighted by molar-refractivity contribution is -0.885. The molecule has 29 heavy (non-hydrogen) atoms. The fourth-order valence-electron chi connectivity index (χ4n) is 4.06. The lowest BCUT2D eigenvalue weighted by Gasteiger charge is -2.16. The molecule has 8 heteroatoms. The van der Waals surface area contributed by atoms with Gasteiger partial charge in [-0.1, -0.05) is 25.1 Å². The number of aryl methyl sites for hydroxylation is 2. The lowest BCUT2D eigenvalue weighted by atomic mass is 10.1. The number of para-hydroxylation sites is 1. The molecule has 1 saturated heterocycles. The molecule has 3 rings (SSSR count). The Labute approximate surface area is 173 Å². The van der Waals surface area contributed by atoms with E-state index < -0.39 is 9.84 Å². The summed E-state index contributed by atoms with van der Waals surface area (Å²) in [7, 11) is -0.970. The predicted molar refractivity (Wildman–Crippen MR) is 114 cm³/mol. The summed E-state index contributed by atoms with van der Waals surface area (Å²) in [6, 6.07) is 7.78. The maximum absolute atomic E-state index is 12.5. The van der Waals surface area contributed by atoms with Crippen LogP contribution >= 0.6 is 0 Å². The summed E-state index contributed by atoms with van der Waals surface area (Å²) >= 11 is 0. The number of carbonyl (C=O) groups excluding carboxylic acids is 1. The average Bonchev–Trinajstić information content (AvgIpc) is 3.15. The van der Waals surface area contributed by atoms with Crippen LogP contribution in [0.5, 0.6) is 0 Å². The van der Waals surface area contributed by atoms with E-state index in [-0.39, 0.29) is 23.5 Å². The van der Waals surface area contributed by atoms with Crippen LogP contribution in [-0.4, -0.2) is 49.2 Å². The normalized spacial score (nSPS) is 19.2. The number of aromatic nitrogens is 2. The van der Waals surface area contributed by atoms with Gasteiger partial charge in [0.2, 0.25) is 0 Å². The second kappa shape index (κ2) is 8.67. The molecule has 1 aromatic carbocycles. The van der Waals surface area contributed by atoms with Crippen LogP contribution in [0.3, 0.4) is 0 Å². The molecule has 7 nitrogen and oxygen atoms in total. The molecule has 0 aliphatic carbocycles. The van der Waals surface area contributed by atoms with Crippen LogP contribution in [0.15, 0.2) is 24.3 Å². The molecule has 2 heterocycles. The summed E-state index contributed by atoms with van der Waals surface area (Å²) in [5.74, 6) is 0.375. The van der Waals surface area contributed by atoms with Crippen molar-refractivity contribution in [2.75, 3.05) is 30.4 Å². The van der Waals surface area contributed by atoms with Crippen LogP contribution in [0.2, 0.25) is 0 Å². The molecule has 2 atom stereocenters. The van der Waals surface area contributed by atoms with Gasteiger partial charge >= 0.3 is 0 Å². The predicted octanol–water partition coefficient (Wildman–Crippen LogP) is 1.08. The summed E-state index contributed by atoms with van der Waals surface area (Å²) in [6.07, 6.45) is 1.49. The van der Waals surface area contributed by atoms with E-state index in [2.05, 4.69) is 17.3 Å². The molecule has 158 valence electrons. The first-order valence-corrected chi connectivity index (χ1v) is 12.0. The first-order chi connectivity index (χ1) is 13.7. The number of anilines is 1. The average molecular weight is 420 g/mol. The van der Waals surface area contributed by atoms with Crippen LogP contribution in [-0.2, 0) is 27.6 Å². The van der Waals surface area contributed by atoms with E-state index in [9.17, 15) is 13.2 Å². The molecule has 0 bridgehead atoms. The van der Waals surface area contributed by atoms with E-state index in [0.29, 0.717) is 19.5 Å². The topological polar surface area (TPSA) is 85.5 Å². The Morgan fingerprint density at radius 1 is 1.31 bits per heavy atom. The number of rotatable bonds is 7. The molecule has 0 spiro atoms. The highest BCUT2D eigenvalue weighted by Gasteiger charge is 2.32. The third-order valence-electron chi connectivity index (χ3n) is 5.64. The zero-order chi connectivity index (χ0) is 21.2. The molecular formula is C21H31N4O3S+. The summed E-state index contributed by atoms with van der Waals surface area (Å²) in [5, 5.41) is 7.64. The smallest absolute Gasteiger partial charge is 0.279 e. The van der Waals surface area contributed by atoms with Crippen molar-refractivity contribution < 1.29 is 18.1 Å². The number of hydrogen-bond donors (Lipinski definition) is 2. The number of likely N-dealkylation sites (N-methyl/N-ethyl adjacent to an activating group) is 1. The van der Waals surface area contributed by atoms with Gasteiger partial charge in [0.15, 0.2) is 16.4 Å². The molecule has 2 N–H and O–H groups in total. The Morgan fingerprint density at radius 3 is 2.69 bits per heavy atom. The van der Waals surface area contributed by atoms with Crippen LogP contribution in [0.4, 0.5) is 5.69 Å². The number of hydrogen-bond acceptors (Lipinski definition) is 4. The van der Waals surface area contributed by atoms with Crippen molar-refractivity contribution >= 4 is 21.4 Å². The largest absolute Gasteiger partial charge is 0.326 e. The monoisotopic (exact) mass is 419 g/mol. The molecule has 1 fully saturated rings. The highest BCUT2D eigenvalue weighted by molar-refractivity contribution is 7.91. The van der Waals surface area contributed by atoms with E-state index in [0.717, 1.165) is 39.5 Å². The summed E-state index contributed by atoms with van der Waals surface area (Å²) in [6.45, 7) is 7.03. The molecule has 1 unspecified atom stereocenters. The van der Waals surface area contributed by atoms with Gasteiger partial charge in [-0.25, -0.2) is 8.42 Å². The summed E-state index contributed by atoms with van der Waals surface area (Å²) in [5.41, 5.74) is 4.99. The molecule has 1 aliphatic heterocycles. The number of sulfone groups is 1. The summed E-state index contributed by atoms with van der Waals surface area (Å²) in [4.78, 5) is 13.6. The zero-order valence-electron chi connectivity index (χ0n) is 17.7.